The number of rotatable bonds is 5. The van der Waals surface area contributed by atoms with Crippen molar-refractivity contribution in [2.45, 2.75) is 51.7 Å². The Kier molecular flexibility index (Phi) is 4.55. The molecule has 2 aromatic heterocycles. The summed E-state index contributed by atoms with van der Waals surface area (Å²) in [7, 11) is 0. The summed E-state index contributed by atoms with van der Waals surface area (Å²) in [6.45, 7) is 3.81. The molecule has 1 saturated carbocycles. The van der Waals surface area contributed by atoms with Crippen molar-refractivity contribution in [3.63, 3.8) is 0 Å². The third-order valence-electron chi connectivity index (χ3n) is 4.10. The number of nitrogens with zero attached hydrogens (tertiary/aromatic N) is 3. The van der Waals surface area contributed by atoms with E-state index in [-0.39, 0.29) is 18.1 Å². The Morgan fingerprint density at radius 2 is 2.30 bits per heavy atom. The molecule has 0 spiro atoms. The lowest BCUT2D eigenvalue weighted by molar-refractivity contribution is 0.0892. The van der Waals surface area contributed by atoms with Gasteiger partial charge in [0.1, 0.15) is 6.10 Å². The van der Waals surface area contributed by atoms with Crippen LogP contribution in [0.25, 0.3) is 0 Å². The van der Waals surface area contributed by atoms with Crippen molar-refractivity contribution < 1.29 is 9.53 Å². The Labute approximate surface area is 134 Å². The number of aromatic amines is 1. The van der Waals surface area contributed by atoms with E-state index < -0.39 is 0 Å². The number of amides is 1. The van der Waals surface area contributed by atoms with Crippen molar-refractivity contribution in [1.82, 2.24) is 25.7 Å². The number of aromatic nitrogens is 4. The lowest BCUT2D eigenvalue weighted by atomic mass is 10.1. The zero-order chi connectivity index (χ0) is 16.2. The maximum atomic E-state index is 12.6. The molecule has 122 valence electrons. The highest BCUT2D eigenvalue weighted by atomic mass is 16.5. The fraction of sp³-hybridized carbons (Fsp3) is 0.500. The molecule has 0 unspecified atom stereocenters. The molecule has 1 aliphatic carbocycles. The first-order valence-electron chi connectivity index (χ1n) is 7.97. The second-order valence-corrected chi connectivity index (χ2v) is 5.80. The SMILES string of the molecule is CCc1nnc(C)cc1C(=O)N[C@H]1CCC[C@H]1Oc1cn[nH]c1. The van der Waals surface area contributed by atoms with Crippen LogP contribution >= 0.6 is 0 Å². The standard InChI is InChI=1S/C16H21N5O2/c1-3-13-12(7-10(2)20-21-13)16(22)19-14-5-4-6-15(14)23-11-8-17-18-9-11/h7-9,14-15H,3-6H2,1-2H3,(H,17,18)(H,19,22)/t14-,15+/m0/s1. The van der Waals surface area contributed by atoms with Crippen LogP contribution in [0.3, 0.4) is 0 Å². The van der Waals surface area contributed by atoms with Crippen LogP contribution in [0.4, 0.5) is 0 Å². The fourth-order valence-electron chi connectivity index (χ4n) is 2.93. The van der Waals surface area contributed by atoms with Gasteiger partial charge in [0, 0.05) is 0 Å². The van der Waals surface area contributed by atoms with Crippen LogP contribution in [0.2, 0.25) is 0 Å². The predicted molar refractivity (Wildman–Crippen MR) is 84.3 cm³/mol. The van der Waals surface area contributed by atoms with Crippen LogP contribution in [0, 0.1) is 6.92 Å². The van der Waals surface area contributed by atoms with Crippen LogP contribution in [-0.2, 0) is 6.42 Å². The third kappa shape index (κ3) is 3.49. The van der Waals surface area contributed by atoms with E-state index >= 15 is 0 Å². The van der Waals surface area contributed by atoms with E-state index in [9.17, 15) is 4.79 Å². The highest BCUT2D eigenvalue weighted by Crippen LogP contribution is 2.24. The number of H-pyrrole nitrogens is 1. The molecule has 0 bridgehead atoms. The normalized spacial score (nSPS) is 20.4. The first-order chi connectivity index (χ1) is 11.2. The Morgan fingerprint density at radius 3 is 3.04 bits per heavy atom. The number of aryl methyl sites for hydroxylation is 2. The maximum absolute atomic E-state index is 12.6. The molecule has 2 N–H and O–H groups in total. The van der Waals surface area contributed by atoms with Gasteiger partial charge in [0.15, 0.2) is 5.75 Å². The van der Waals surface area contributed by atoms with Gasteiger partial charge in [-0.15, -0.1) is 0 Å². The minimum atomic E-state index is -0.104. The van der Waals surface area contributed by atoms with E-state index in [4.69, 9.17) is 4.74 Å². The van der Waals surface area contributed by atoms with E-state index in [2.05, 4.69) is 25.7 Å². The van der Waals surface area contributed by atoms with Gasteiger partial charge >= 0.3 is 0 Å². The molecule has 0 aliphatic heterocycles. The van der Waals surface area contributed by atoms with Gasteiger partial charge in [-0.3, -0.25) is 9.89 Å². The molecule has 2 atom stereocenters. The summed E-state index contributed by atoms with van der Waals surface area (Å²) in [5, 5.41) is 17.8. The Morgan fingerprint density at radius 1 is 1.43 bits per heavy atom. The van der Waals surface area contributed by atoms with E-state index in [1.165, 1.54) is 0 Å². The number of nitrogens with one attached hydrogen (secondary N) is 2. The lowest BCUT2D eigenvalue weighted by Crippen LogP contribution is -2.42. The summed E-state index contributed by atoms with van der Waals surface area (Å²) in [5.41, 5.74) is 2.07. The number of hydrogen-bond acceptors (Lipinski definition) is 5. The summed E-state index contributed by atoms with van der Waals surface area (Å²) in [6, 6.07) is 1.79. The number of hydrogen-bond donors (Lipinski definition) is 2. The smallest absolute Gasteiger partial charge is 0.253 e. The summed E-state index contributed by atoms with van der Waals surface area (Å²) >= 11 is 0. The third-order valence-corrected chi connectivity index (χ3v) is 4.10. The summed E-state index contributed by atoms with van der Waals surface area (Å²) in [5.74, 6) is 0.597. The first kappa shape index (κ1) is 15.5. The maximum Gasteiger partial charge on any atom is 0.253 e. The Hall–Kier alpha value is -2.44. The molecule has 0 saturated heterocycles. The van der Waals surface area contributed by atoms with E-state index in [1.807, 2.05) is 13.8 Å². The topological polar surface area (TPSA) is 92.8 Å². The Bertz CT molecular complexity index is 671. The molecule has 0 aromatic carbocycles. The van der Waals surface area contributed by atoms with Crippen LogP contribution < -0.4 is 10.1 Å². The number of carbonyl (C=O) groups is 1. The highest BCUT2D eigenvalue weighted by molar-refractivity contribution is 5.95. The largest absolute Gasteiger partial charge is 0.485 e. The molecule has 1 aliphatic rings. The molecular weight excluding hydrogens is 294 g/mol. The van der Waals surface area contributed by atoms with E-state index in [1.54, 1.807) is 18.5 Å². The summed E-state index contributed by atoms with van der Waals surface area (Å²) < 4.78 is 5.91. The first-order valence-corrected chi connectivity index (χ1v) is 7.97. The fourth-order valence-corrected chi connectivity index (χ4v) is 2.93. The molecule has 2 heterocycles. The van der Waals surface area contributed by atoms with Crippen LogP contribution in [-0.4, -0.2) is 38.4 Å². The molecule has 23 heavy (non-hydrogen) atoms. The van der Waals surface area contributed by atoms with Crippen molar-refractivity contribution in [3.8, 4) is 5.75 Å². The second kappa shape index (κ2) is 6.76. The highest BCUT2D eigenvalue weighted by Gasteiger charge is 2.31. The minimum absolute atomic E-state index is 0.00409. The van der Waals surface area contributed by atoms with E-state index in [0.717, 1.165) is 30.7 Å². The van der Waals surface area contributed by atoms with E-state index in [0.29, 0.717) is 17.7 Å². The van der Waals surface area contributed by atoms with Gasteiger partial charge in [0.2, 0.25) is 0 Å². The minimum Gasteiger partial charge on any atom is -0.485 e. The zero-order valence-electron chi connectivity index (χ0n) is 13.4. The van der Waals surface area contributed by atoms with Crippen molar-refractivity contribution in [3.05, 3.63) is 35.4 Å². The summed E-state index contributed by atoms with van der Waals surface area (Å²) in [4.78, 5) is 12.6. The van der Waals surface area contributed by atoms with Gasteiger partial charge in [0.25, 0.3) is 5.91 Å². The molecular formula is C16H21N5O2. The predicted octanol–water partition coefficient (Wildman–Crippen LogP) is 1.80. The van der Waals surface area contributed by atoms with Crippen molar-refractivity contribution >= 4 is 5.91 Å². The average molecular weight is 315 g/mol. The lowest BCUT2D eigenvalue weighted by Gasteiger charge is -2.22. The van der Waals surface area contributed by atoms with Gasteiger partial charge in [-0.2, -0.15) is 15.3 Å². The zero-order valence-corrected chi connectivity index (χ0v) is 13.4. The molecule has 7 nitrogen and oxygen atoms in total. The molecule has 7 heteroatoms. The summed E-state index contributed by atoms with van der Waals surface area (Å²) in [6.07, 6.45) is 6.86. The quantitative estimate of drug-likeness (QED) is 0.877. The average Bonchev–Trinajstić information content (AvgIpc) is 3.20. The van der Waals surface area contributed by atoms with Gasteiger partial charge in [-0.1, -0.05) is 6.92 Å². The molecule has 3 rings (SSSR count). The monoisotopic (exact) mass is 315 g/mol. The van der Waals surface area contributed by atoms with Gasteiger partial charge < -0.3 is 10.1 Å². The van der Waals surface area contributed by atoms with Gasteiger partial charge in [-0.05, 0) is 38.7 Å². The Balaban J connectivity index is 1.70. The van der Waals surface area contributed by atoms with Crippen LogP contribution in [0.5, 0.6) is 5.75 Å². The molecule has 1 fully saturated rings. The van der Waals surface area contributed by atoms with Crippen molar-refractivity contribution in [2.24, 2.45) is 0 Å². The number of carbonyl (C=O) groups excluding carboxylic acids is 1. The van der Waals surface area contributed by atoms with Crippen molar-refractivity contribution in [2.75, 3.05) is 0 Å². The molecule has 2 aromatic rings. The molecule has 0 radical (unpaired) electrons. The molecule has 1 amide bonds. The number of ether oxygens (including phenoxy) is 1. The van der Waals surface area contributed by atoms with Crippen LogP contribution in [0.1, 0.15) is 47.9 Å². The van der Waals surface area contributed by atoms with Crippen LogP contribution in [0.15, 0.2) is 18.5 Å². The van der Waals surface area contributed by atoms with Crippen molar-refractivity contribution in [1.29, 1.82) is 0 Å². The van der Waals surface area contributed by atoms with Gasteiger partial charge in [0.05, 0.1) is 35.4 Å². The second-order valence-electron chi connectivity index (χ2n) is 5.80. The van der Waals surface area contributed by atoms with Gasteiger partial charge in [-0.25, -0.2) is 0 Å².